The highest BCUT2D eigenvalue weighted by molar-refractivity contribution is 6.55. The van der Waals surface area contributed by atoms with E-state index in [1.54, 1.807) is 6.08 Å². The zero-order chi connectivity index (χ0) is 19.7. The third-order valence-corrected chi connectivity index (χ3v) is 5.33. The van der Waals surface area contributed by atoms with Crippen molar-refractivity contribution in [1.29, 1.82) is 0 Å². The van der Waals surface area contributed by atoms with Gasteiger partial charge in [-0.25, -0.2) is 0 Å². The Morgan fingerprint density at radius 1 is 1.22 bits per heavy atom. The highest BCUT2D eigenvalue weighted by atomic mass is 35.5. The van der Waals surface area contributed by atoms with E-state index in [4.69, 9.17) is 32.7 Å². The molecule has 144 valence electrons. The van der Waals surface area contributed by atoms with Gasteiger partial charge in [0.05, 0.1) is 11.5 Å². The molecule has 0 saturated heterocycles. The zero-order valence-corrected chi connectivity index (χ0v) is 17.1. The first kappa shape index (κ1) is 19.8. The maximum Gasteiger partial charge on any atom is 0.310 e. The molecule has 27 heavy (non-hydrogen) atoms. The lowest BCUT2D eigenvalue weighted by molar-refractivity contribution is -0.147. The minimum absolute atomic E-state index is 0.00506. The predicted molar refractivity (Wildman–Crippen MR) is 107 cm³/mol. The summed E-state index contributed by atoms with van der Waals surface area (Å²) < 4.78 is 11.6. The average Bonchev–Trinajstić information content (AvgIpc) is 3.13. The second-order valence-corrected chi connectivity index (χ2v) is 8.74. The molecule has 1 heterocycles. The van der Waals surface area contributed by atoms with Crippen molar-refractivity contribution in [3.63, 3.8) is 0 Å². The van der Waals surface area contributed by atoms with Crippen molar-refractivity contribution in [2.75, 3.05) is 6.61 Å². The summed E-state index contributed by atoms with van der Waals surface area (Å²) in [5.74, 6) is 0.848. The second kappa shape index (κ2) is 7.61. The summed E-state index contributed by atoms with van der Waals surface area (Å²) in [5, 5.41) is 3.28. The van der Waals surface area contributed by atoms with Crippen molar-refractivity contribution in [3.05, 3.63) is 65.0 Å². The van der Waals surface area contributed by atoms with Gasteiger partial charge in [0.1, 0.15) is 16.8 Å². The third kappa shape index (κ3) is 4.69. The van der Waals surface area contributed by atoms with Crippen molar-refractivity contribution >= 4 is 29.2 Å². The number of hydrogen-bond donors (Lipinski definition) is 1. The maximum absolute atomic E-state index is 12.5. The molecule has 1 aromatic carbocycles. The fourth-order valence-corrected chi connectivity index (χ4v) is 3.63. The monoisotopic (exact) mass is 407 g/mol. The van der Waals surface area contributed by atoms with Crippen LogP contribution in [0.25, 0.3) is 0 Å². The summed E-state index contributed by atoms with van der Waals surface area (Å²) in [4.78, 5) is 12.5. The first-order chi connectivity index (χ1) is 12.7. The normalized spacial score (nSPS) is 27.8. The fourth-order valence-electron chi connectivity index (χ4n) is 3.36. The molecule has 1 N–H and O–H groups in total. The van der Waals surface area contributed by atoms with Gasteiger partial charge in [-0.3, -0.25) is 4.79 Å². The number of rotatable bonds is 6. The summed E-state index contributed by atoms with van der Waals surface area (Å²) in [6.45, 7) is 6.15. The molecule has 0 aromatic heterocycles. The molecule has 4 nitrogen and oxygen atoms in total. The van der Waals surface area contributed by atoms with Crippen molar-refractivity contribution in [2.45, 2.75) is 26.3 Å². The Balaban J connectivity index is 1.57. The summed E-state index contributed by atoms with van der Waals surface area (Å²) in [7, 11) is 0. The van der Waals surface area contributed by atoms with Gasteiger partial charge in [0.2, 0.25) is 0 Å². The summed E-state index contributed by atoms with van der Waals surface area (Å²) in [6.07, 6.45) is 7.39. The van der Waals surface area contributed by atoms with Crippen LogP contribution in [0.2, 0.25) is 0 Å². The molecule has 0 amide bonds. The number of carbonyl (C=O) groups is 1. The van der Waals surface area contributed by atoms with Gasteiger partial charge in [0.15, 0.2) is 5.88 Å². The predicted octanol–water partition coefficient (Wildman–Crippen LogP) is 4.96. The van der Waals surface area contributed by atoms with E-state index in [1.807, 2.05) is 69.3 Å². The summed E-state index contributed by atoms with van der Waals surface area (Å²) in [5.41, 5.74) is -0.757. The highest BCUT2D eigenvalue weighted by Gasteiger charge is 2.61. The molecule has 1 aliphatic heterocycles. The Kier molecular flexibility index (Phi) is 5.59. The Hall–Kier alpha value is -1.91. The molecule has 1 saturated carbocycles. The van der Waals surface area contributed by atoms with Crippen LogP contribution in [0.3, 0.4) is 0 Å². The van der Waals surface area contributed by atoms with Crippen LogP contribution in [0.5, 0.6) is 5.75 Å². The van der Waals surface area contributed by atoms with Gasteiger partial charge in [0, 0.05) is 0 Å². The van der Waals surface area contributed by atoms with E-state index >= 15 is 0 Å². The van der Waals surface area contributed by atoms with Gasteiger partial charge in [-0.15, -0.1) is 0 Å². The SMILES string of the molecule is CC1(C)[C@H](C=C(Cl)Cl)[C@H]1C(=O)OC[C@@]1(C)C=CC=C(Oc2ccccc2)N1. The molecule has 6 heteroatoms. The van der Waals surface area contributed by atoms with Crippen LogP contribution in [-0.2, 0) is 9.53 Å². The van der Waals surface area contributed by atoms with Crippen LogP contribution >= 0.6 is 23.2 Å². The molecule has 3 atom stereocenters. The fraction of sp³-hybridized carbons (Fsp3) is 0.381. The largest absolute Gasteiger partial charge is 0.463 e. The lowest BCUT2D eigenvalue weighted by atomic mass is 10.0. The van der Waals surface area contributed by atoms with E-state index in [0.717, 1.165) is 5.75 Å². The van der Waals surface area contributed by atoms with Gasteiger partial charge in [-0.05, 0) is 42.5 Å². The van der Waals surface area contributed by atoms with E-state index in [0.29, 0.717) is 5.88 Å². The molecule has 2 aliphatic rings. The van der Waals surface area contributed by atoms with Crippen molar-refractivity contribution in [3.8, 4) is 5.75 Å². The van der Waals surface area contributed by atoms with Crippen molar-refractivity contribution in [2.24, 2.45) is 17.3 Å². The molecule has 1 aromatic rings. The van der Waals surface area contributed by atoms with E-state index in [-0.39, 0.29) is 34.3 Å². The first-order valence-electron chi connectivity index (χ1n) is 8.81. The number of ether oxygens (including phenoxy) is 2. The van der Waals surface area contributed by atoms with Crippen LogP contribution in [0.1, 0.15) is 20.8 Å². The average molecular weight is 408 g/mol. The number of carbonyl (C=O) groups excluding carboxylic acids is 1. The molecule has 0 bridgehead atoms. The minimum atomic E-state index is -0.553. The molecule has 0 spiro atoms. The number of halogens is 2. The molecule has 1 fully saturated rings. The van der Waals surface area contributed by atoms with Crippen LogP contribution in [-0.4, -0.2) is 18.1 Å². The van der Waals surface area contributed by atoms with Crippen molar-refractivity contribution < 1.29 is 14.3 Å². The Labute approximate surface area is 169 Å². The molecular weight excluding hydrogens is 385 g/mol. The van der Waals surface area contributed by atoms with Gasteiger partial charge >= 0.3 is 5.97 Å². The van der Waals surface area contributed by atoms with Crippen molar-refractivity contribution in [1.82, 2.24) is 5.32 Å². The highest BCUT2D eigenvalue weighted by Crippen LogP contribution is 2.60. The van der Waals surface area contributed by atoms with E-state index in [2.05, 4.69) is 5.32 Å². The van der Waals surface area contributed by atoms with Gasteiger partial charge in [-0.2, -0.15) is 0 Å². The number of allylic oxidation sites excluding steroid dienone is 3. The van der Waals surface area contributed by atoms with E-state index in [1.165, 1.54) is 0 Å². The number of benzene rings is 1. The number of dihydropyridines is 1. The Bertz CT molecular complexity index is 797. The van der Waals surface area contributed by atoms with Crippen LogP contribution in [0.15, 0.2) is 65.0 Å². The maximum atomic E-state index is 12.5. The zero-order valence-electron chi connectivity index (χ0n) is 15.5. The first-order valence-corrected chi connectivity index (χ1v) is 9.57. The van der Waals surface area contributed by atoms with Gasteiger partial charge in [0.25, 0.3) is 0 Å². The summed E-state index contributed by atoms with van der Waals surface area (Å²) >= 11 is 11.5. The smallest absolute Gasteiger partial charge is 0.310 e. The van der Waals surface area contributed by atoms with Gasteiger partial charge in [-0.1, -0.05) is 67.4 Å². The molecular formula is C21H23Cl2NO3. The number of esters is 1. The Morgan fingerprint density at radius 2 is 1.93 bits per heavy atom. The number of nitrogens with one attached hydrogen (secondary N) is 1. The number of hydrogen-bond acceptors (Lipinski definition) is 4. The van der Waals surface area contributed by atoms with E-state index in [9.17, 15) is 4.79 Å². The molecule has 1 aliphatic carbocycles. The number of para-hydroxylation sites is 1. The quantitative estimate of drug-likeness (QED) is 0.676. The lowest BCUT2D eigenvalue weighted by Gasteiger charge is -2.31. The van der Waals surface area contributed by atoms with Crippen LogP contribution in [0.4, 0.5) is 0 Å². The Morgan fingerprint density at radius 3 is 2.59 bits per heavy atom. The van der Waals surface area contributed by atoms with Crippen LogP contribution in [0, 0.1) is 17.3 Å². The standard InChI is InChI=1S/C21H23Cl2NO3/c1-20(2)15(12-16(22)23)18(20)19(25)26-13-21(3)11-7-10-17(24-21)27-14-8-5-4-6-9-14/h4-12,15,18,24H,13H2,1-3H3/t15-,18+,21-/m1/s1. The lowest BCUT2D eigenvalue weighted by Crippen LogP contribution is -2.47. The second-order valence-electron chi connectivity index (χ2n) is 7.74. The third-order valence-electron chi connectivity index (χ3n) is 5.08. The van der Waals surface area contributed by atoms with Gasteiger partial charge < -0.3 is 14.8 Å². The topological polar surface area (TPSA) is 47.6 Å². The van der Waals surface area contributed by atoms with Crippen LogP contribution < -0.4 is 10.1 Å². The molecule has 3 rings (SSSR count). The van der Waals surface area contributed by atoms with E-state index < -0.39 is 5.54 Å². The minimum Gasteiger partial charge on any atom is -0.463 e. The summed E-state index contributed by atoms with van der Waals surface area (Å²) in [6, 6.07) is 9.50. The molecule has 0 radical (unpaired) electrons. The molecule has 0 unspecified atom stereocenters.